The first-order chi connectivity index (χ1) is 12.9. The van der Waals surface area contributed by atoms with Crippen LogP contribution in [0.5, 0.6) is 5.75 Å². The molecular formula is C22H33NO4. The quantitative estimate of drug-likeness (QED) is 0.880. The first-order valence-electron chi connectivity index (χ1n) is 10.3. The van der Waals surface area contributed by atoms with Crippen LogP contribution in [0.3, 0.4) is 0 Å². The van der Waals surface area contributed by atoms with E-state index in [9.17, 15) is 5.11 Å². The Hall–Kier alpha value is -1.14. The van der Waals surface area contributed by atoms with Crippen LogP contribution in [-0.4, -0.2) is 61.9 Å². The highest BCUT2D eigenvalue weighted by molar-refractivity contribution is 5.43. The number of hydrogen-bond acceptors (Lipinski definition) is 5. The number of piperidine rings is 1. The van der Waals surface area contributed by atoms with Crippen LogP contribution in [0.4, 0.5) is 0 Å². The van der Waals surface area contributed by atoms with E-state index in [1.165, 1.54) is 11.1 Å². The number of hydrogen-bond donors (Lipinski definition) is 1. The van der Waals surface area contributed by atoms with Crippen molar-refractivity contribution < 1.29 is 19.3 Å². The summed E-state index contributed by atoms with van der Waals surface area (Å²) in [5.41, 5.74) is 2.47. The van der Waals surface area contributed by atoms with Gasteiger partial charge in [0.15, 0.2) is 5.79 Å². The van der Waals surface area contributed by atoms with Crippen LogP contribution < -0.4 is 4.74 Å². The Balaban J connectivity index is 1.88. The molecule has 0 radical (unpaired) electrons. The van der Waals surface area contributed by atoms with Crippen molar-refractivity contribution in [1.82, 2.24) is 4.90 Å². The third-order valence-electron chi connectivity index (χ3n) is 7.33. The maximum Gasteiger partial charge on any atom is 0.171 e. The lowest BCUT2D eigenvalue weighted by Crippen LogP contribution is -2.64. The van der Waals surface area contributed by atoms with Crippen molar-refractivity contribution in [1.29, 1.82) is 0 Å². The maximum absolute atomic E-state index is 11.3. The number of methoxy groups -OCH3 is 1. The number of rotatable bonds is 3. The van der Waals surface area contributed by atoms with Crippen LogP contribution in [0.25, 0.3) is 0 Å². The van der Waals surface area contributed by atoms with E-state index in [0.717, 1.165) is 31.6 Å². The molecule has 1 N–H and O–H groups in total. The number of fused-ring (bicyclic) bond motifs is 1. The van der Waals surface area contributed by atoms with E-state index >= 15 is 0 Å². The van der Waals surface area contributed by atoms with Crippen molar-refractivity contribution >= 4 is 0 Å². The van der Waals surface area contributed by atoms with Gasteiger partial charge in [0.25, 0.3) is 0 Å². The van der Waals surface area contributed by atoms with Crippen LogP contribution in [0.1, 0.15) is 44.2 Å². The molecule has 1 spiro atoms. The summed E-state index contributed by atoms with van der Waals surface area (Å²) < 4.78 is 17.8. The summed E-state index contributed by atoms with van der Waals surface area (Å²) in [5, 5.41) is 11.3. The Bertz CT molecular complexity index is 687. The van der Waals surface area contributed by atoms with Gasteiger partial charge in [-0.2, -0.15) is 0 Å². The fraction of sp³-hybridized carbons (Fsp3) is 0.727. The molecule has 4 rings (SSSR count). The highest BCUT2D eigenvalue weighted by Crippen LogP contribution is 2.56. The number of aliphatic hydroxyl groups is 1. The summed E-state index contributed by atoms with van der Waals surface area (Å²) in [4.78, 5) is 2.38. The van der Waals surface area contributed by atoms with Crippen LogP contribution >= 0.6 is 0 Å². The smallest absolute Gasteiger partial charge is 0.171 e. The first-order valence-corrected chi connectivity index (χ1v) is 10.3. The molecule has 3 fully saturated rings. The number of benzene rings is 1. The van der Waals surface area contributed by atoms with Gasteiger partial charge in [-0.1, -0.05) is 13.0 Å². The topological polar surface area (TPSA) is 51.2 Å². The number of aryl methyl sites for hydroxylation is 1. The highest BCUT2D eigenvalue weighted by Gasteiger charge is 2.60. The van der Waals surface area contributed by atoms with Gasteiger partial charge in [0, 0.05) is 30.2 Å². The number of nitrogens with zero attached hydrogens (tertiary/aromatic N) is 1. The average Bonchev–Trinajstić information content (AvgIpc) is 3.11. The van der Waals surface area contributed by atoms with E-state index in [0.29, 0.717) is 25.7 Å². The van der Waals surface area contributed by atoms with Crippen molar-refractivity contribution in [2.45, 2.75) is 62.9 Å². The summed E-state index contributed by atoms with van der Waals surface area (Å²) in [6.45, 7) is 6.68. The standard InChI is InChI=1S/C22H33NO4/c1-5-16-6-7-17(25-4)12-18(16)21-8-9-23(3)15(2)20(21)19(24)13-22(14-21)26-10-11-27-22/h6-7,12,15,19-20,24H,5,8-11,13-14H2,1-4H3/t15?,19-,20?,21-/m1/s1. The monoisotopic (exact) mass is 375 g/mol. The van der Waals surface area contributed by atoms with E-state index in [1.807, 2.05) is 6.07 Å². The van der Waals surface area contributed by atoms with Gasteiger partial charge in [0.05, 0.1) is 26.4 Å². The Labute approximate surface area is 162 Å². The zero-order chi connectivity index (χ0) is 19.2. The third kappa shape index (κ3) is 3.00. The SMILES string of the molecule is CCc1ccc(OC)cc1[C@]12CCN(C)C(C)C1[C@H](O)CC1(C2)OCCO1. The largest absolute Gasteiger partial charge is 0.497 e. The van der Waals surface area contributed by atoms with E-state index in [2.05, 4.69) is 37.9 Å². The fourth-order valence-electron chi connectivity index (χ4n) is 5.96. The molecule has 1 aliphatic carbocycles. The van der Waals surface area contributed by atoms with Gasteiger partial charge in [-0.05, 0) is 56.6 Å². The van der Waals surface area contributed by atoms with Gasteiger partial charge in [0.1, 0.15) is 5.75 Å². The Kier molecular flexibility index (Phi) is 5.00. The van der Waals surface area contributed by atoms with E-state index in [4.69, 9.17) is 14.2 Å². The third-order valence-corrected chi connectivity index (χ3v) is 7.33. The molecule has 0 amide bonds. The predicted octanol–water partition coefficient (Wildman–Crippen LogP) is 2.73. The minimum absolute atomic E-state index is 0.145. The lowest BCUT2D eigenvalue weighted by molar-refractivity contribution is -0.237. The zero-order valence-corrected chi connectivity index (χ0v) is 17.0. The second-order valence-electron chi connectivity index (χ2n) is 8.59. The summed E-state index contributed by atoms with van der Waals surface area (Å²) in [7, 11) is 3.89. The van der Waals surface area contributed by atoms with E-state index < -0.39 is 11.9 Å². The summed E-state index contributed by atoms with van der Waals surface area (Å²) in [6.07, 6.45) is 2.86. The van der Waals surface area contributed by atoms with Gasteiger partial charge in [-0.3, -0.25) is 0 Å². The van der Waals surface area contributed by atoms with Gasteiger partial charge >= 0.3 is 0 Å². The van der Waals surface area contributed by atoms with Crippen molar-refractivity contribution in [3.63, 3.8) is 0 Å². The van der Waals surface area contributed by atoms with Gasteiger partial charge < -0.3 is 24.2 Å². The predicted molar refractivity (Wildman–Crippen MR) is 104 cm³/mol. The summed E-state index contributed by atoms with van der Waals surface area (Å²) >= 11 is 0. The van der Waals surface area contributed by atoms with Gasteiger partial charge in [0.2, 0.25) is 0 Å². The van der Waals surface area contributed by atoms with Crippen molar-refractivity contribution in [2.75, 3.05) is 33.9 Å². The van der Waals surface area contributed by atoms with Gasteiger partial charge in [-0.15, -0.1) is 0 Å². The maximum atomic E-state index is 11.3. The molecular weight excluding hydrogens is 342 g/mol. The molecule has 5 heteroatoms. The molecule has 2 unspecified atom stereocenters. The second-order valence-corrected chi connectivity index (χ2v) is 8.59. The van der Waals surface area contributed by atoms with Crippen molar-refractivity contribution in [3.05, 3.63) is 29.3 Å². The molecule has 27 heavy (non-hydrogen) atoms. The minimum atomic E-state index is -0.653. The molecule has 2 heterocycles. The minimum Gasteiger partial charge on any atom is -0.497 e. The van der Waals surface area contributed by atoms with Crippen molar-refractivity contribution in [3.8, 4) is 5.75 Å². The highest BCUT2D eigenvalue weighted by atomic mass is 16.7. The van der Waals surface area contributed by atoms with Crippen LogP contribution in [0.2, 0.25) is 0 Å². The molecule has 2 saturated heterocycles. The molecule has 150 valence electrons. The van der Waals surface area contributed by atoms with Crippen LogP contribution in [0, 0.1) is 5.92 Å². The Morgan fingerprint density at radius 2 is 2.04 bits per heavy atom. The summed E-state index contributed by atoms with van der Waals surface area (Å²) in [5.74, 6) is 0.371. The first kappa shape index (κ1) is 19.2. The normalized spacial score (nSPS) is 36.0. The molecule has 5 nitrogen and oxygen atoms in total. The number of likely N-dealkylation sites (tertiary alicyclic amines) is 1. The molecule has 2 aliphatic heterocycles. The zero-order valence-electron chi connectivity index (χ0n) is 17.0. The van der Waals surface area contributed by atoms with Crippen LogP contribution in [-0.2, 0) is 21.3 Å². The molecule has 1 saturated carbocycles. The van der Waals surface area contributed by atoms with Crippen molar-refractivity contribution in [2.24, 2.45) is 5.92 Å². The lowest BCUT2D eigenvalue weighted by atomic mass is 9.53. The second kappa shape index (κ2) is 7.03. The number of ether oxygens (including phenoxy) is 3. The number of aliphatic hydroxyl groups excluding tert-OH is 1. The Morgan fingerprint density at radius 1 is 1.30 bits per heavy atom. The molecule has 1 aromatic carbocycles. The van der Waals surface area contributed by atoms with Gasteiger partial charge in [-0.25, -0.2) is 0 Å². The van der Waals surface area contributed by atoms with Crippen LogP contribution in [0.15, 0.2) is 18.2 Å². The summed E-state index contributed by atoms with van der Waals surface area (Å²) in [6, 6.07) is 6.73. The molecule has 0 aromatic heterocycles. The molecule has 4 atom stereocenters. The molecule has 0 bridgehead atoms. The lowest BCUT2D eigenvalue weighted by Gasteiger charge is -2.59. The van der Waals surface area contributed by atoms with E-state index in [-0.39, 0.29) is 11.3 Å². The fourth-order valence-corrected chi connectivity index (χ4v) is 5.96. The molecule has 3 aliphatic rings. The Morgan fingerprint density at radius 3 is 2.70 bits per heavy atom. The van der Waals surface area contributed by atoms with E-state index in [1.54, 1.807) is 7.11 Å². The average molecular weight is 376 g/mol. The molecule has 1 aromatic rings.